The minimum Gasteiger partial charge on any atom is -0.497 e. The summed E-state index contributed by atoms with van der Waals surface area (Å²) in [5, 5.41) is 11.4. The van der Waals surface area contributed by atoms with Gasteiger partial charge in [0, 0.05) is 12.6 Å². The average Bonchev–Trinajstić information content (AvgIpc) is 3.68. The average molecular weight is 594 g/mol. The molecule has 1 atom stereocenters. The number of rotatable bonds is 10. The molecule has 2 amide bonds. The van der Waals surface area contributed by atoms with E-state index in [2.05, 4.69) is 15.6 Å². The Labute approximate surface area is 253 Å². The molecular weight excluding hydrogens is 562 g/mol. The summed E-state index contributed by atoms with van der Waals surface area (Å²) in [5.74, 6) is 1.27. The fourth-order valence-corrected chi connectivity index (χ4v) is 5.21. The van der Waals surface area contributed by atoms with Gasteiger partial charge in [-0.05, 0) is 60.0 Å². The number of hydrogen-bond acceptors (Lipinski definition) is 8. The Balaban J connectivity index is 1.43. The third-order valence-corrected chi connectivity index (χ3v) is 7.57. The van der Waals surface area contributed by atoms with Gasteiger partial charge >= 0.3 is 0 Å². The molecule has 0 saturated heterocycles. The van der Waals surface area contributed by atoms with Gasteiger partial charge in [0.15, 0.2) is 11.5 Å². The van der Waals surface area contributed by atoms with E-state index in [-0.39, 0.29) is 25.8 Å². The Hall–Kier alpha value is -5.58. The lowest BCUT2D eigenvalue weighted by molar-refractivity contribution is -0.140. The lowest BCUT2D eigenvalue weighted by Gasteiger charge is -2.32. The van der Waals surface area contributed by atoms with Crippen LogP contribution >= 0.6 is 0 Å². The topological polar surface area (TPSA) is 117 Å². The van der Waals surface area contributed by atoms with E-state index in [1.54, 1.807) is 53.1 Å². The Kier molecular flexibility index (Phi) is 8.00. The molecule has 1 aromatic heterocycles. The van der Waals surface area contributed by atoms with Crippen LogP contribution in [0, 0.1) is 6.92 Å². The Morgan fingerprint density at radius 2 is 1.75 bits per heavy atom. The van der Waals surface area contributed by atoms with Crippen molar-refractivity contribution in [2.75, 3.05) is 26.3 Å². The molecule has 11 heteroatoms. The van der Waals surface area contributed by atoms with E-state index in [1.807, 2.05) is 55.5 Å². The maximum absolute atomic E-state index is 14.4. The van der Waals surface area contributed by atoms with E-state index < -0.39 is 11.9 Å². The molecule has 224 valence electrons. The molecular formula is C33H31N5O6. The number of carbonyl (C=O) groups excluding carboxylic acids is 2. The number of para-hydroxylation sites is 1. The number of nitrogens with zero attached hydrogens (tertiary/aromatic N) is 4. The van der Waals surface area contributed by atoms with Crippen molar-refractivity contribution in [1.82, 2.24) is 19.9 Å². The van der Waals surface area contributed by atoms with Gasteiger partial charge < -0.3 is 29.2 Å². The summed E-state index contributed by atoms with van der Waals surface area (Å²) in [6.07, 6.45) is 0. The minimum atomic E-state index is -1.07. The molecule has 0 bridgehead atoms. The van der Waals surface area contributed by atoms with Crippen molar-refractivity contribution < 1.29 is 28.5 Å². The molecule has 0 radical (unpaired) electrons. The number of hydrogen-bond donors (Lipinski definition) is 1. The number of aryl methyl sites for hydroxylation is 1. The predicted molar refractivity (Wildman–Crippen MR) is 163 cm³/mol. The Bertz CT molecular complexity index is 1840. The molecule has 0 spiro atoms. The van der Waals surface area contributed by atoms with Gasteiger partial charge in [-0.25, -0.2) is 4.68 Å². The number of nitrogens with one attached hydrogen (secondary N) is 1. The second-order valence-electron chi connectivity index (χ2n) is 10.3. The lowest BCUT2D eigenvalue weighted by Crippen LogP contribution is -2.42. The highest BCUT2D eigenvalue weighted by atomic mass is 16.7. The highest BCUT2D eigenvalue weighted by Gasteiger charge is 2.34. The monoisotopic (exact) mass is 593 g/mol. The van der Waals surface area contributed by atoms with E-state index in [4.69, 9.17) is 18.9 Å². The molecule has 4 aromatic carbocycles. The zero-order valence-corrected chi connectivity index (χ0v) is 24.5. The van der Waals surface area contributed by atoms with E-state index >= 15 is 0 Å². The second-order valence-corrected chi connectivity index (χ2v) is 10.3. The molecule has 2 heterocycles. The lowest BCUT2D eigenvalue weighted by atomic mass is 10.0. The van der Waals surface area contributed by atoms with Crippen LogP contribution in [-0.4, -0.2) is 52.7 Å². The number of amides is 2. The fraction of sp³-hybridized carbons (Fsp3) is 0.212. The van der Waals surface area contributed by atoms with Gasteiger partial charge in [0.05, 0.1) is 25.4 Å². The zero-order chi connectivity index (χ0) is 30.6. The summed E-state index contributed by atoms with van der Waals surface area (Å²) in [7, 11) is 3.06. The van der Waals surface area contributed by atoms with Crippen molar-refractivity contribution >= 4 is 28.5 Å². The van der Waals surface area contributed by atoms with Gasteiger partial charge in [0.2, 0.25) is 12.7 Å². The van der Waals surface area contributed by atoms with Crippen molar-refractivity contribution in [2.45, 2.75) is 26.1 Å². The van der Waals surface area contributed by atoms with Gasteiger partial charge in [-0.2, -0.15) is 0 Å². The van der Waals surface area contributed by atoms with Gasteiger partial charge in [-0.1, -0.05) is 47.7 Å². The summed E-state index contributed by atoms with van der Waals surface area (Å²) >= 11 is 0. The Morgan fingerprint density at radius 3 is 2.57 bits per heavy atom. The first-order chi connectivity index (χ1) is 21.4. The maximum Gasteiger partial charge on any atom is 0.251 e. The minimum absolute atomic E-state index is 0.0733. The fourth-order valence-electron chi connectivity index (χ4n) is 5.21. The summed E-state index contributed by atoms with van der Waals surface area (Å²) in [6, 6.07) is 24.5. The third kappa shape index (κ3) is 5.71. The standard InChI is InChI=1S/C33H31N5O6/c1-21-8-4-5-9-23(21)18-37(31(39)19-38-27-11-7-6-10-25(27)35-36-38)32(22-12-15-28-30(16-22)44-20-43-28)33(40)34-26-14-13-24(41-2)17-29(26)42-3/h4-17,32H,18-20H2,1-3H3,(H,34,40). The highest BCUT2D eigenvalue weighted by molar-refractivity contribution is 5.99. The number of ether oxygens (including phenoxy) is 4. The van der Waals surface area contributed by atoms with Crippen LogP contribution in [0.25, 0.3) is 11.0 Å². The van der Waals surface area contributed by atoms with Crippen LogP contribution in [0.5, 0.6) is 23.0 Å². The number of carbonyl (C=O) groups is 2. The van der Waals surface area contributed by atoms with Crippen molar-refractivity contribution in [1.29, 1.82) is 0 Å². The maximum atomic E-state index is 14.4. The summed E-state index contributed by atoms with van der Waals surface area (Å²) in [6.45, 7) is 2.07. The first-order valence-corrected chi connectivity index (χ1v) is 14.0. The quantitative estimate of drug-likeness (QED) is 0.243. The number of aromatic nitrogens is 3. The van der Waals surface area contributed by atoms with Crippen molar-refractivity contribution in [3.8, 4) is 23.0 Å². The van der Waals surface area contributed by atoms with Crippen LogP contribution in [0.2, 0.25) is 0 Å². The summed E-state index contributed by atoms with van der Waals surface area (Å²) < 4.78 is 23.6. The first kappa shape index (κ1) is 28.5. The molecule has 1 unspecified atom stereocenters. The smallest absolute Gasteiger partial charge is 0.251 e. The summed E-state index contributed by atoms with van der Waals surface area (Å²) in [5.41, 5.74) is 4.23. The number of anilines is 1. The molecule has 0 saturated carbocycles. The molecule has 44 heavy (non-hydrogen) atoms. The largest absolute Gasteiger partial charge is 0.497 e. The zero-order valence-electron chi connectivity index (χ0n) is 24.5. The van der Waals surface area contributed by atoms with Crippen LogP contribution in [0.4, 0.5) is 5.69 Å². The number of fused-ring (bicyclic) bond motifs is 2. The van der Waals surface area contributed by atoms with Crippen LogP contribution in [0.3, 0.4) is 0 Å². The van der Waals surface area contributed by atoms with E-state index in [1.165, 1.54) is 7.11 Å². The van der Waals surface area contributed by atoms with E-state index in [9.17, 15) is 9.59 Å². The molecule has 1 aliphatic heterocycles. The molecule has 5 aromatic rings. The normalized spacial score (nSPS) is 12.5. The molecule has 1 aliphatic rings. The van der Waals surface area contributed by atoms with Crippen LogP contribution < -0.4 is 24.3 Å². The van der Waals surface area contributed by atoms with Crippen molar-refractivity contribution in [3.63, 3.8) is 0 Å². The van der Waals surface area contributed by atoms with Crippen molar-refractivity contribution in [3.05, 3.63) is 102 Å². The van der Waals surface area contributed by atoms with Gasteiger partial charge in [-0.3, -0.25) is 9.59 Å². The first-order valence-electron chi connectivity index (χ1n) is 14.0. The molecule has 1 N–H and O–H groups in total. The van der Waals surface area contributed by atoms with E-state index in [0.29, 0.717) is 45.3 Å². The SMILES string of the molecule is COc1ccc(NC(=O)C(c2ccc3c(c2)OCO3)N(Cc2ccccc2C)C(=O)Cn2nnc3ccccc32)c(OC)c1. The molecule has 0 fully saturated rings. The van der Waals surface area contributed by atoms with Gasteiger partial charge in [0.25, 0.3) is 5.91 Å². The number of benzene rings is 4. The van der Waals surface area contributed by atoms with Crippen LogP contribution in [0.15, 0.2) is 84.9 Å². The van der Waals surface area contributed by atoms with Gasteiger partial charge in [0.1, 0.15) is 29.6 Å². The Morgan fingerprint density at radius 1 is 0.955 bits per heavy atom. The van der Waals surface area contributed by atoms with Crippen molar-refractivity contribution in [2.24, 2.45) is 0 Å². The number of methoxy groups -OCH3 is 2. The van der Waals surface area contributed by atoms with E-state index in [0.717, 1.165) is 11.1 Å². The van der Waals surface area contributed by atoms with Crippen LogP contribution in [-0.2, 0) is 22.7 Å². The van der Waals surface area contributed by atoms with Gasteiger partial charge in [-0.15, -0.1) is 5.10 Å². The summed E-state index contributed by atoms with van der Waals surface area (Å²) in [4.78, 5) is 30.3. The second kappa shape index (κ2) is 12.3. The molecule has 6 rings (SSSR count). The third-order valence-electron chi connectivity index (χ3n) is 7.57. The van der Waals surface area contributed by atoms with Crippen LogP contribution in [0.1, 0.15) is 22.7 Å². The molecule has 0 aliphatic carbocycles. The molecule has 11 nitrogen and oxygen atoms in total. The predicted octanol–water partition coefficient (Wildman–Crippen LogP) is 4.89. The highest BCUT2D eigenvalue weighted by Crippen LogP contribution is 2.37.